The second-order valence-electron chi connectivity index (χ2n) is 23.6. The Balaban J connectivity index is 1.13. The highest BCUT2D eigenvalue weighted by Crippen LogP contribution is 2.54. The van der Waals surface area contributed by atoms with Crippen molar-refractivity contribution in [3.63, 3.8) is 0 Å². The van der Waals surface area contributed by atoms with E-state index in [1.807, 2.05) is 0 Å². The van der Waals surface area contributed by atoms with Crippen molar-refractivity contribution in [3.8, 4) is 67.1 Å². The van der Waals surface area contributed by atoms with Crippen LogP contribution in [0.15, 0.2) is 322 Å². The van der Waals surface area contributed by atoms with E-state index in [1.165, 1.54) is 11.0 Å². The van der Waals surface area contributed by atoms with E-state index in [4.69, 9.17) is 4.74 Å². The standard InChI is InChI=1S/C82H62BN3O/c1-82(2,3)63-51-74-80-76(52-63)87-77-56-69(85(66-45-27-11-28-46-66)67-47-29-12-30-48-67)54-71(59-35-17-6-18-36-59)79(77)83(80)78-70(58-33-15-5-16-34-58)53-68(84(64-41-23-9-24-42-64)65-43-25-10-26-44-65)55-75(78)86(74)81-72(60-37-19-7-20-38-60)49-62(57-31-13-4-14-32-57)50-73(81)61-39-21-8-22-40-61/h4-56H,1-3H3. The number of nitrogens with zero attached hydrogens (tertiary/aromatic N) is 3. The molecule has 0 N–H and O–H groups in total. The summed E-state index contributed by atoms with van der Waals surface area (Å²) in [5.41, 5.74) is 24.9. The van der Waals surface area contributed by atoms with Crippen molar-refractivity contribution in [1.29, 1.82) is 0 Å². The third kappa shape index (κ3) is 9.74. The first-order valence-electron chi connectivity index (χ1n) is 30.1. The van der Waals surface area contributed by atoms with Crippen molar-refractivity contribution in [1.82, 2.24) is 0 Å². The molecule has 0 fully saturated rings. The van der Waals surface area contributed by atoms with Crippen LogP contribution in [0, 0.1) is 0 Å². The molecule has 0 unspecified atom stereocenters. The molecule has 5 heteroatoms. The van der Waals surface area contributed by atoms with E-state index in [2.05, 4.69) is 357 Å². The lowest BCUT2D eigenvalue weighted by Gasteiger charge is -2.44. The number of para-hydroxylation sites is 4. The number of rotatable bonds is 12. The molecule has 414 valence electrons. The molecule has 0 bridgehead atoms. The van der Waals surface area contributed by atoms with Gasteiger partial charge in [-0.15, -0.1) is 0 Å². The fraction of sp³-hybridized carbons (Fsp3) is 0.0488. The molecule has 0 radical (unpaired) electrons. The molecular weight excluding hydrogens is 1050 g/mol. The van der Waals surface area contributed by atoms with E-state index >= 15 is 0 Å². The van der Waals surface area contributed by atoms with Gasteiger partial charge in [0.05, 0.1) is 11.4 Å². The first kappa shape index (κ1) is 52.9. The van der Waals surface area contributed by atoms with Gasteiger partial charge in [0.25, 0.3) is 6.71 Å². The van der Waals surface area contributed by atoms with Gasteiger partial charge in [0.15, 0.2) is 0 Å². The van der Waals surface area contributed by atoms with Gasteiger partial charge in [0, 0.05) is 57.0 Å². The van der Waals surface area contributed by atoms with Crippen molar-refractivity contribution in [2.75, 3.05) is 14.7 Å². The smallest absolute Gasteiger partial charge is 0.258 e. The lowest BCUT2D eigenvalue weighted by atomic mass is 9.32. The van der Waals surface area contributed by atoms with E-state index in [-0.39, 0.29) is 12.1 Å². The molecule has 0 aromatic heterocycles. The molecular formula is C82H62BN3O. The average molecular weight is 1120 g/mol. The molecule has 87 heavy (non-hydrogen) atoms. The normalized spacial score (nSPS) is 12.1. The highest BCUT2D eigenvalue weighted by Gasteiger charge is 2.47. The van der Waals surface area contributed by atoms with Gasteiger partial charge in [0.1, 0.15) is 11.5 Å². The molecule has 0 saturated heterocycles. The Morgan fingerprint density at radius 2 is 0.621 bits per heavy atom. The second-order valence-corrected chi connectivity index (χ2v) is 23.6. The van der Waals surface area contributed by atoms with Crippen LogP contribution < -0.4 is 35.8 Å². The van der Waals surface area contributed by atoms with Gasteiger partial charge in [-0.1, -0.05) is 245 Å². The minimum Gasteiger partial charge on any atom is -0.458 e. The van der Waals surface area contributed by atoms with Crippen molar-refractivity contribution in [2.24, 2.45) is 0 Å². The molecule has 0 spiro atoms. The molecule has 0 atom stereocenters. The van der Waals surface area contributed by atoms with Crippen LogP contribution in [0.25, 0.3) is 55.6 Å². The van der Waals surface area contributed by atoms with Gasteiger partial charge in [0.2, 0.25) is 0 Å². The lowest BCUT2D eigenvalue weighted by molar-refractivity contribution is 0.483. The molecule has 13 aromatic rings. The topological polar surface area (TPSA) is 19.0 Å². The number of hydrogen-bond acceptors (Lipinski definition) is 4. The van der Waals surface area contributed by atoms with Gasteiger partial charge >= 0.3 is 0 Å². The number of hydrogen-bond donors (Lipinski definition) is 0. The molecule has 2 aliphatic rings. The monoisotopic (exact) mass is 1120 g/mol. The fourth-order valence-corrected chi connectivity index (χ4v) is 13.2. The Kier molecular flexibility index (Phi) is 13.5. The summed E-state index contributed by atoms with van der Waals surface area (Å²) in [5.74, 6) is 1.66. The quantitative estimate of drug-likeness (QED) is 0.114. The predicted molar refractivity (Wildman–Crippen MR) is 368 cm³/mol. The van der Waals surface area contributed by atoms with Crippen LogP contribution in [0.2, 0.25) is 0 Å². The highest BCUT2D eigenvalue weighted by atomic mass is 16.5. The first-order chi connectivity index (χ1) is 42.8. The molecule has 15 rings (SSSR count). The average Bonchev–Trinajstić information content (AvgIpc) is 0.945. The van der Waals surface area contributed by atoms with Crippen molar-refractivity contribution in [3.05, 3.63) is 327 Å². The number of anilines is 9. The Bertz CT molecular complexity index is 4460. The van der Waals surface area contributed by atoms with Gasteiger partial charge < -0.3 is 19.4 Å². The fourth-order valence-electron chi connectivity index (χ4n) is 13.2. The van der Waals surface area contributed by atoms with Crippen LogP contribution >= 0.6 is 0 Å². The van der Waals surface area contributed by atoms with Crippen LogP contribution in [0.3, 0.4) is 0 Å². The molecule has 0 saturated carbocycles. The van der Waals surface area contributed by atoms with E-state index in [9.17, 15) is 0 Å². The third-order valence-electron chi connectivity index (χ3n) is 17.2. The van der Waals surface area contributed by atoms with E-state index < -0.39 is 0 Å². The zero-order valence-electron chi connectivity index (χ0n) is 48.9. The zero-order valence-corrected chi connectivity index (χ0v) is 48.9. The van der Waals surface area contributed by atoms with Gasteiger partial charge in [-0.2, -0.15) is 0 Å². The Labute approximate surface area is 511 Å². The zero-order chi connectivity index (χ0) is 58.4. The van der Waals surface area contributed by atoms with E-state index in [1.54, 1.807) is 0 Å². The number of ether oxygens (including phenoxy) is 1. The molecule has 0 amide bonds. The highest BCUT2D eigenvalue weighted by molar-refractivity contribution is 7.01. The van der Waals surface area contributed by atoms with Crippen LogP contribution in [0.1, 0.15) is 26.3 Å². The lowest BCUT2D eigenvalue weighted by Crippen LogP contribution is -2.60. The van der Waals surface area contributed by atoms with Gasteiger partial charge in [-0.05, 0) is 163 Å². The predicted octanol–water partition coefficient (Wildman–Crippen LogP) is 20.7. The summed E-state index contributed by atoms with van der Waals surface area (Å²) in [6.45, 7) is 6.63. The summed E-state index contributed by atoms with van der Waals surface area (Å²) in [7, 11) is 0. The molecule has 13 aromatic carbocycles. The Morgan fingerprint density at radius 1 is 0.287 bits per heavy atom. The second kappa shape index (κ2) is 22.3. The van der Waals surface area contributed by atoms with E-state index in [0.29, 0.717) is 0 Å². The summed E-state index contributed by atoms with van der Waals surface area (Å²) in [6, 6.07) is 117. The van der Waals surface area contributed by atoms with Crippen molar-refractivity contribution < 1.29 is 4.74 Å². The molecule has 4 nitrogen and oxygen atoms in total. The van der Waals surface area contributed by atoms with Crippen LogP contribution in [0.5, 0.6) is 11.5 Å². The summed E-state index contributed by atoms with van der Waals surface area (Å²) < 4.78 is 7.85. The minimum atomic E-state index is -0.333. The van der Waals surface area contributed by atoms with Gasteiger partial charge in [-0.25, -0.2) is 0 Å². The summed E-state index contributed by atoms with van der Waals surface area (Å²) in [5, 5.41) is 0. The Morgan fingerprint density at radius 3 is 1.02 bits per heavy atom. The van der Waals surface area contributed by atoms with Crippen LogP contribution in [-0.2, 0) is 5.41 Å². The summed E-state index contributed by atoms with van der Waals surface area (Å²) >= 11 is 0. The van der Waals surface area contributed by atoms with Crippen LogP contribution in [-0.4, -0.2) is 6.71 Å². The molecule has 2 heterocycles. The summed E-state index contributed by atoms with van der Waals surface area (Å²) in [6.07, 6.45) is 0. The SMILES string of the molecule is CC(C)(C)c1cc2c3c(c1)N(c1c(-c4ccccc4)cc(-c4ccccc4)cc1-c1ccccc1)c1cc(N(c4ccccc4)c4ccccc4)cc(-c4ccccc4)c1B3c1c(cc(N(c3ccccc3)c3ccccc3)cc1-c1ccccc1)O2. The van der Waals surface area contributed by atoms with E-state index in [0.717, 1.165) is 129 Å². The maximum Gasteiger partial charge on any atom is 0.258 e. The largest absolute Gasteiger partial charge is 0.458 e. The summed E-state index contributed by atoms with van der Waals surface area (Å²) in [4.78, 5) is 7.42. The van der Waals surface area contributed by atoms with Crippen molar-refractivity contribution >= 4 is 74.3 Å². The number of fused-ring (bicyclic) bond motifs is 4. The third-order valence-corrected chi connectivity index (χ3v) is 17.2. The van der Waals surface area contributed by atoms with Crippen LogP contribution in [0.4, 0.5) is 51.2 Å². The Hall–Kier alpha value is -10.9. The van der Waals surface area contributed by atoms with Gasteiger partial charge in [-0.3, -0.25) is 0 Å². The first-order valence-corrected chi connectivity index (χ1v) is 30.1. The number of benzene rings is 13. The maximum atomic E-state index is 7.85. The molecule has 0 aliphatic carbocycles. The minimum absolute atomic E-state index is 0.290. The van der Waals surface area contributed by atoms with Crippen molar-refractivity contribution in [2.45, 2.75) is 26.2 Å². The molecule has 2 aliphatic heterocycles. The maximum absolute atomic E-state index is 7.85.